The zero-order valence-electron chi connectivity index (χ0n) is 16.1. The highest BCUT2D eigenvalue weighted by molar-refractivity contribution is 7.15. The quantitative estimate of drug-likeness (QED) is 0.680. The first kappa shape index (κ1) is 19.3. The third-order valence-electron chi connectivity index (χ3n) is 5.23. The summed E-state index contributed by atoms with van der Waals surface area (Å²) in [6, 6.07) is 19.6. The van der Waals surface area contributed by atoms with Gasteiger partial charge in [0.1, 0.15) is 5.01 Å². The van der Waals surface area contributed by atoms with E-state index in [1.165, 1.54) is 16.9 Å². The second-order valence-corrected chi connectivity index (χ2v) is 8.21. The molecule has 2 unspecified atom stereocenters. The van der Waals surface area contributed by atoms with Gasteiger partial charge < -0.3 is 10.2 Å². The number of hydrogen-bond acceptors (Lipinski definition) is 5. The second-order valence-electron chi connectivity index (χ2n) is 7.15. The molecule has 1 aliphatic rings. The van der Waals surface area contributed by atoms with E-state index < -0.39 is 5.92 Å². The molecule has 1 aliphatic heterocycles. The van der Waals surface area contributed by atoms with Crippen molar-refractivity contribution >= 4 is 28.3 Å². The Labute approximate surface area is 173 Å². The largest absolute Gasteiger partial charge is 0.338 e. The fourth-order valence-corrected chi connectivity index (χ4v) is 4.45. The highest BCUT2D eigenvalue weighted by Gasteiger charge is 2.42. The lowest BCUT2D eigenvalue weighted by Gasteiger charge is -2.24. The van der Waals surface area contributed by atoms with Crippen LogP contribution in [0, 0.1) is 5.92 Å². The summed E-state index contributed by atoms with van der Waals surface area (Å²) in [7, 11) is 1.75. The minimum atomic E-state index is -0.452. The molecule has 1 fully saturated rings. The van der Waals surface area contributed by atoms with Crippen molar-refractivity contribution in [3.05, 3.63) is 76.8 Å². The molecule has 29 heavy (non-hydrogen) atoms. The maximum atomic E-state index is 12.9. The molecule has 3 aromatic rings. The molecule has 2 aromatic carbocycles. The molecule has 148 valence electrons. The lowest BCUT2D eigenvalue weighted by Crippen LogP contribution is -2.29. The molecule has 1 saturated heterocycles. The van der Waals surface area contributed by atoms with Gasteiger partial charge in [0, 0.05) is 19.9 Å². The molecular weight excluding hydrogens is 384 g/mol. The molecular formula is C22H22N4O2S. The first-order valence-electron chi connectivity index (χ1n) is 9.59. The van der Waals surface area contributed by atoms with Crippen LogP contribution in [0.2, 0.25) is 0 Å². The first-order chi connectivity index (χ1) is 14.1. The smallest absolute Gasteiger partial charge is 0.232 e. The van der Waals surface area contributed by atoms with Crippen molar-refractivity contribution in [3.8, 4) is 0 Å². The molecule has 0 saturated carbocycles. The highest BCUT2D eigenvalue weighted by Crippen LogP contribution is 2.37. The van der Waals surface area contributed by atoms with Crippen molar-refractivity contribution in [2.45, 2.75) is 25.3 Å². The Kier molecular flexibility index (Phi) is 5.67. The Hall–Kier alpha value is -3.06. The average molecular weight is 407 g/mol. The molecule has 2 amide bonds. The fourth-order valence-electron chi connectivity index (χ4n) is 3.71. The van der Waals surface area contributed by atoms with Gasteiger partial charge >= 0.3 is 0 Å². The molecule has 2 atom stereocenters. The van der Waals surface area contributed by atoms with E-state index in [-0.39, 0.29) is 24.3 Å². The molecule has 2 heterocycles. The van der Waals surface area contributed by atoms with Gasteiger partial charge in [0.2, 0.25) is 16.9 Å². The molecule has 0 radical (unpaired) electrons. The van der Waals surface area contributed by atoms with Crippen LogP contribution in [0.5, 0.6) is 0 Å². The number of nitrogens with one attached hydrogen (secondary N) is 1. The Morgan fingerprint density at radius 2 is 1.76 bits per heavy atom. The normalized spacial score (nSPS) is 18.8. The maximum absolute atomic E-state index is 12.9. The topological polar surface area (TPSA) is 75.2 Å². The lowest BCUT2D eigenvalue weighted by atomic mass is 9.93. The van der Waals surface area contributed by atoms with Crippen molar-refractivity contribution in [1.82, 2.24) is 15.1 Å². The summed E-state index contributed by atoms with van der Waals surface area (Å²) in [6.45, 7) is 0. The summed E-state index contributed by atoms with van der Waals surface area (Å²) in [6.07, 6.45) is 1.85. The number of benzene rings is 2. The van der Waals surface area contributed by atoms with E-state index in [4.69, 9.17) is 0 Å². The fraction of sp³-hybridized carbons (Fsp3) is 0.273. The summed E-state index contributed by atoms with van der Waals surface area (Å²) in [5, 5.41) is 12.5. The van der Waals surface area contributed by atoms with Gasteiger partial charge in [-0.25, -0.2) is 0 Å². The van der Waals surface area contributed by atoms with Gasteiger partial charge in [-0.2, -0.15) is 0 Å². The number of aromatic nitrogens is 2. The number of likely N-dealkylation sites (tertiary alicyclic amines) is 1. The van der Waals surface area contributed by atoms with E-state index in [1.807, 2.05) is 48.5 Å². The second kappa shape index (κ2) is 8.53. The van der Waals surface area contributed by atoms with Gasteiger partial charge in [-0.1, -0.05) is 72.0 Å². The van der Waals surface area contributed by atoms with Crippen molar-refractivity contribution in [2.24, 2.45) is 5.92 Å². The molecule has 4 rings (SSSR count). The number of nitrogens with zero attached hydrogens (tertiary/aromatic N) is 3. The van der Waals surface area contributed by atoms with Crippen LogP contribution < -0.4 is 5.32 Å². The van der Waals surface area contributed by atoms with E-state index in [2.05, 4.69) is 27.6 Å². The number of hydrogen-bond donors (Lipinski definition) is 1. The van der Waals surface area contributed by atoms with Gasteiger partial charge in [-0.3, -0.25) is 9.59 Å². The van der Waals surface area contributed by atoms with E-state index in [9.17, 15) is 9.59 Å². The Balaban J connectivity index is 1.42. The predicted molar refractivity (Wildman–Crippen MR) is 112 cm³/mol. The monoisotopic (exact) mass is 406 g/mol. The number of anilines is 1. The van der Waals surface area contributed by atoms with Crippen LogP contribution >= 0.6 is 11.3 Å². The van der Waals surface area contributed by atoms with Crippen molar-refractivity contribution in [1.29, 1.82) is 0 Å². The first-order valence-corrected chi connectivity index (χ1v) is 10.4. The van der Waals surface area contributed by atoms with E-state index in [0.29, 0.717) is 5.13 Å². The lowest BCUT2D eigenvalue weighted by molar-refractivity contribution is -0.127. The Bertz CT molecular complexity index is 990. The van der Waals surface area contributed by atoms with Gasteiger partial charge in [0.15, 0.2) is 0 Å². The maximum Gasteiger partial charge on any atom is 0.232 e. The predicted octanol–water partition coefficient (Wildman–Crippen LogP) is 3.48. The van der Waals surface area contributed by atoms with E-state index in [0.717, 1.165) is 23.4 Å². The Morgan fingerprint density at radius 3 is 2.48 bits per heavy atom. The number of carbonyl (C=O) groups is 2. The summed E-state index contributed by atoms with van der Waals surface area (Å²) in [5.74, 6) is -0.673. The number of amides is 2. The van der Waals surface area contributed by atoms with Crippen LogP contribution in [0.15, 0.2) is 60.7 Å². The van der Waals surface area contributed by atoms with Crippen LogP contribution in [0.1, 0.15) is 28.6 Å². The van der Waals surface area contributed by atoms with Crippen LogP contribution in [0.3, 0.4) is 0 Å². The van der Waals surface area contributed by atoms with Gasteiger partial charge in [-0.15, -0.1) is 10.2 Å². The zero-order chi connectivity index (χ0) is 20.2. The minimum Gasteiger partial charge on any atom is -0.338 e. The summed E-state index contributed by atoms with van der Waals surface area (Å²) < 4.78 is 0. The number of rotatable bonds is 6. The molecule has 7 heteroatoms. The van der Waals surface area contributed by atoms with Gasteiger partial charge in [-0.05, 0) is 17.5 Å². The molecule has 0 spiro atoms. The molecule has 6 nitrogen and oxygen atoms in total. The molecule has 1 aromatic heterocycles. The summed E-state index contributed by atoms with van der Waals surface area (Å²) in [5.41, 5.74) is 2.20. The van der Waals surface area contributed by atoms with Crippen LogP contribution in [0.25, 0.3) is 0 Å². The molecule has 0 bridgehead atoms. The summed E-state index contributed by atoms with van der Waals surface area (Å²) >= 11 is 1.39. The van der Waals surface area contributed by atoms with Crippen molar-refractivity contribution < 1.29 is 9.59 Å². The SMILES string of the molecule is CN1C(=O)CC(C(=O)Nc2nnc(CCc3ccccc3)s2)C1c1ccccc1. The summed E-state index contributed by atoms with van der Waals surface area (Å²) in [4.78, 5) is 26.9. The van der Waals surface area contributed by atoms with E-state index >= 15 is 0 Å². The van der Waals surface area contributed by atoms with Crippen LogP contribution in [-0.4, -0.2) is 34.0 Å². The minimum absolute atomic E-state index is 0.0279. The number of carbonyl (C=O) groups excluding carboxylic acids is 2. The van der Waals surface area contributed by atoms with Crippen molar-refractivity contribution in [3.63, 3.8) is 0 Å². The third kappa shape index (κ3) is 4.35. The van der Waals surface area contributed by atoms with E-state index in [1.54, 1.807) is 11.9 Å². The number of aryl methyl sites for hydroxylation is 2. The Morgan fingerprint density at radius 1 is 1.07 bits per heavy atom. The van der Waals surface area contributed by atoms with Gasteiger partial charge in [0.25, 0.3) is 0 Å². The standard InChI is InChI=1S/C22H22N4O2S/c1-26-19(27)14-17(20(26)16-10-6-3-7-11-16)21(28)23-22-25-24-18(29-22)13-12-15-8-4-2-5-9-15/h2-11,17,20H,12-14H2,1H3,(H,23,25,28). The zero-order valence-corrected chi connectivity index (χ0v) is 16.9. The van der Waals surface area contributed by atoms with Gasteiger partial charge in [0.05, 0.1) is 12.0 Å². The average Bonchev–Trinajstić information content (AvgIpc) is 3.32. The molecule has 0 aliphatic carbocycles. The van der Waals surface area contributed by atoms with Crippen LogP contribution in [-0.2, 0) is 22.4 Å². The third-order valence-corrected chi connectivity index (χ3v) is 6.13. The highest BCUT2D eigenvalue weighted by atomic mass is 32.1. The molecule has 1 N–H and O–H groups in total. The van der Waals surface area contributed by atoms with Crippen molar-refractivity contribution in [2.75, 3.05) is 12.4 Å². The van der Waals surface area contributed by atoms with Crippen LogP contribution in [0.4, 0.5) is 5.13 Å².